The van der Waals surface area contributed by atoms with Crippen LogP contribution in [0.2, 0.25) is 5.02 Å². The molecule has 190 valence electrons. The van der Waals surface area contributed by atoms with Gasteiger partial charge in [0.25, 0.3) is 11.1 Å². The molecular weight excluding hydrogens is 516 g/mol. The lowest BCUT2D eigenvalue weighted by Crippen LogP contribution is -2.36. The van der Waals surface area contributed by atoms with E-state index in [0.29, 0.717) is 40.1 Å². The van der Waals surface area contributed by atoms with E-state index in [1.807, 2.05) is 30.3 Å². The molecule has 8 nitrogen and oxygen atoms in total. The Morgan fingerprint density at radius 1 is 0.973 bits per heavy atom. The zero-order valence-corrected chi connectivity index (χ0v) is 21.6. The maximum atomic E-state index is 12.9. The second-order valence-electron chi connectivity index (χ2n) is 7.85. The molecule has 0 bridgehead atoms. The van der Waals surface area contributed by atoms with Gasteiger partial charge in [-0.05, 0) is 59.3 Å². The molecule has 1 fully saturated rings. The number of halogens is 1. The number of nitrogens with one attached hydrogen (secondary N) is 1. The average molecular weight is 539 g/mol. The van der Waals surface area contributed by atoms with Gasteiger partial charge in [0, 0.05) is 5.69 Å². The van der Waals surface area contributed by atoms with Crippen LogP contribution < -0.4 is 19.5 Å². The van der Waals surface area contributed by atoms with Crippen LogP contribution in [0.15, 0.2) is 71.6 Å². The van der Waals surface area contributed by atoms with Crippen LogP contribution >= 0.6 is 23.4 Å². The summed E-state index contributed by atoms with van der Waals surface area (Å²) in [7, 11) is 3.01. The van der Waals surface area contributed by atoms with E-state index in [4.69, 9.17) is 25.8 Å². The molecule has 0 radical (unpaired) electrons. The smallest absolute Gasteiger partial charge is 0.294 e. The summed E-state index contributed by atoms with van der Waals surface area (Å²) in [5.41, 5.74) is 2.08. The molecule has 0 unspecified atom stereocenters. The van der Waals surface area contributed by atoms with E-state index in [1.165, 1.54) is 20.3 Å². The number of rotatable bonds is 9. The number of carbonyl (C=O) groups excluding carboxylic acids is 3. The summed E-state index contributed by atoms with van der Waals surface area (Å²) in [4.78, 5) is 38.9. The third-order valence-corrected chi connectivity index (χ3v) is 6.54. The molecule has 1 aliphatic heterocycles. The molecule has 0 atom stereocenters. The minimum atomic E-state index is -0.554. The molecule has 0 aromatic heterocycles. The highest BCUT2D eigenvalue weighted by atomic mass is 35.5. The van der Waals surface area contributed by atoms with Crippen molar-refractivity contribution < 1.29 is 28.6 Å². The van der Waals surface area contributed by atoms with Crippen molar-refractivity contribution in [1.82, 2.24) is 4.90 Å². The molecule has 3 aromatic carbocycles. The number of nitrogens with zero attached hydrogens (tertiary/aromatic N) is 1. The molecule has 0 spiro atoms. The second-order valence-corrected chi connectivity index (χ2v) is 9.25. The summed E-state index contributed by atoms with van der Waals surface area (Å²) in [5, 5.41) is 2.41. The van der Waals surface area contributed by atoms with Crippen molar-refractivity contribution in [3.8, 4) is 17.2 Å². The maximum Gasteiger partial charge on any atom is 0.294 e. The molecule has 37 heavy (non-hydrogen) atoms. The van der Waals surface area contributed by atoms with Crippen LogP contribution in [-0.2, 0) is 16.2 Å². The first kappa shape index (κ1) is 26.1. The van der Waals surface area contributed by atoms with Crippen molar-refractivity contribution in [2.45, 2.75) is 6.61 Å². The van der Waals surface area contributed by atoms with E-state index in [9.17, 15) is 14.4 Å². The number of benzene rings is 3. The van der Waals surface area contributed by atoms with Crippen molar-refractivity contribution in [2.75, 3.05) is 26.1 Å². The molecule has 10 heteroatoms. The van der Waals surface area contributed by atoms with Crippen LogP contribution in [0, 0.1) is 0 Å². The van der Waals surface area contributed by atoms with Gasteiger partial charge in [0.05, 0.1) is 24.1 Å². The van der Waals surface area contributed by atoms with Gasteiger partial charge in [0.2, 0.25) is 5.91 Å². The number of hydrogen-bond acceptors (Lipinski definition) is 7. The summed E-state index contributed by atoms with van der Waals surface area (Å²) >= 11 is 6.85. The van der Waals surface area contributed by atoms with Gasteiger partial charge in [-0.25, -0.2) is 0 Å². The van der Waals surface area contributed by atoms with Crippen molar-refractivity contribution in [3.63, 3.8) is 0 Å². The lowest BCUT2D eigenvalue weighted by atomic mass is 10.1. The monoisotopic (exact) mass is 538 g/mol. The highest BCUT2D eigenvalue weighted by Crippen LogP contribution is 2.35. The number of amides is 3. The normalized spacial score (nSPS) is 14.1. The highest BCUT2D eigenvalue weighted by Gasteiger charge is 2.36. The van der Waals surface area contributed by atoms with Gasteiger partial charge in [-0.1, -0.05) is 48.0 Å². The van der Waals surface area contributed by atoms with E-state index in [0.717, 1.165) is 22.2 Å². The zero-order valence-electron chi connectivity index (χ0n) is 20.0. The Balaban J connectivity index is 1.41. The predicted molar refractivity (Wildman–Crippen MR) is 143 cm³/mol. The van der Waals surface area contributed by atoms with Crippen molar-refractivity contribution in [3.05, 3.63) is 87.8 Å². The van der Waals surface area contributed by atoms with E-state index in [-0.39, 0.29) is 4.91 Å². The topological polar surface area (TPSA) is 94.2 Å². The SMILES string of the molecule is COc1ccc(NC(=O)CN2C(=O)S/C(=C/c3ccc(OCc4ccccc4)c(OC)c3)C2=O)cc1Cl. The zero-order chi connectivity index (χ0) is 26.4. The first-order valence-electron chi connectivity index (χ1n) is 11.1. The van der Waals surface area contributed by atoms with Crippen LogP contribution in [0.1, 0.15) is 11.1 Å². The Morgan fingerprint density at radius 3 is 2.41 bits per heavy atom. The van der Waals surface area contributed by atoms with Crippen LogP contribution in [0.4, 0.5) is 10.5 Å². The Hall–Kier alpha value is -3.95. The third-order valence-electron chi connectivity index (χ3n) is 5.33. The summed E-state index contributed by atoms with van der Waals surface area (Å²) in [6, 6.07) is 19.7. The molecule has 1 aliphatic rings. The summed E-state index contributed by atoms with van der Waals surface area (Å²) in [6.07, 6.45) is 1.58. The standard InChI is InChI=1S/C27H23ClN2O6S/c1-34-21-11-9-19(14-20(21)28)29-25(31)15-30-26(32)24(37-27(30)33)13-18-8-10-22(23(12-18)35-2)36-16-17-6-4-3-5-7-17/h3-14H,15-16H2,1-2H3,(H,29,31)/b24-13+. The Kier molecular flexibility index (Phi) is 8.37. The number of hydrogen-bond donors (Lipinski definition) is 1. The van der Waals surface area contributed by atoms with E-state index in [2.05, 4.69) is 5.32 Å². The van der Waals surface area contributed by atoms with Crippen LogP contribution in [0.5, 0.6) is 17.2 Å². The number of thioether (sulfide) groups is 1. The molecule has 1 N–H and O–H groups in total. The maximum absolute atomic E-state index is 12.9. The second kappa shape index (κ2) is 11.9. The first-order valence-corrected chi connectivity index (χ1v) is 12.3. The third kappa shape index (κ3) is 6.44. The molecule has 0 aliphatic carbocycles. The summed E-state index contributed by atoms with van der Waals surface area (Å²) < 4.78 is 16.4. The molecule has 3 amide bonds. The van der Waals surface area contributed by atoms with Gasteiger partial charge in [-0.15, -0.1) is 0 Å². The molecule has 3 aromatic rings. The van der Waals surface area contributed by atoms with Gasteiger partial charge < -0.3 is 19.5 Å². The van der Waals surface area contributed by atoms with E-state index >= 15 is 0 Å². The lowest BCUT2D eigenvalue weighted by molar-refractivity contribution is -0.127. The lowest BCUT2D eigenvalue weighted by Gasteiger charge is -2.13. The number of imide groups is 1. The largest absolute Gasteiger partial charge is 0.495 e. The number of ether oxygens (including phenoxy) is 3. The molecule has 1 heterocycles. The van der Waals surface area contributed by atoms with Gasteiger partial charge in [-0.2, -0.15) is 0 Å². The molecule has 4 rings (SSSR count). The minimum absolute atomic E-state index is 0.199. The Labute approximate surface area is 223 Å². The molecule has 0 saturated carbocycles. The van der Waals surface area contributed by atoms with Gasteiger partial charge in [0.1, 0.15) is 18.9 Å². The van der Waals surface area contributed by atoms with Gasteiger partial charge in [0.15, 0.2) is 11.5 Å². The number of carbonyl (C=O) groups is 3. The fourth-order valence-electron chi connectivity index (χ4n) is 3.50. The fourth-order valence-corrected chi connectivity index (χ4v) is 4.60. The summed E-state index contributed by atoms with van der Waals surface area (Å²) in [6.45, 7) is -0.0541. The van der Waals surface area contributed by atoms with Crippen molar-refractivity contribution >= 4 is 52.2 Å². The fraction of sp³-hybridized carbons (Fsp3) is 0.148. The number of methoxy groups -OCH3 is 2. The van der Waals surface area contributed by atoms with Gasteiger partial charge >= 0.3 is 0 Å². The van der Waals surface area contributed by atoms with Crippen LogP contribution in [0.25, 0.3) is 6.08 Å². The average Bonchev–Trinajstić information content (AvgIpc) is 3.15. The quantitative estimate of drug-likeness (QED) is 0.354. The van der Waals surface area contributed by atoms with Gasteiger partial charge in [-0.3, -0.25) is 19.3 Å². The Bertz CT molecular complexity index is 1360. The summed E-state index contributed by atoms with van der Waals surface area (Å²) in [5.74, 6) is 0.407. The van der Waals surface area contributed by atoms with Crippen LogP contribution in [-0.4, -0.2) is 42.7 Å². The van der Waals surface area contributed by atoms with E-state index in [1.54, 1.807) is 36.4 Å². The Morgan fingerprint density at radius 2 is 1.70 bits per heavy atom. The van der Waals surface area contributed by atoms with E-state index < -0.39 is 23.6 Å². The van der Waals surface area contributed by atoms with Crippen molar-refractivity contribution in [1.29, 1.82) is 0 Å². The first-order chi connectivity index (χ1) is 17.9. The predicted octanol–water partition coefficient (Wildman–Crippen LogP) is 5.61. The minimum Gasteiger partial charge on any atom is -0.495 e. The van der Waals surface area contributed by atoms with Crippen LogP contribution in [0.3, 0.4) is 0 Å². The molecular formula is C27H23ClN2O6S. The highest BCUT2D eigenvalue weighted by molar-refractivity contribution is 8.18. The number of anilines is 1. The molecule has 1 saturated heterocycles. The van der Waals surface area contributed by atoms with Crippen molar-refractivity contribution in [2.24, 2.45) is 0 Å².